The highest BCUT2D eigenvalue weighted by atomic mass is 16.5. The predicted octanol–water partition coefficient (Wildman–Crippen LogP) is 6.71. The van der Waals surface area contributed by atoms with Crippen molar-refractivity contribution in [2.75, 3.05) is 46.6 Å². The second kappa shape index (κ2) is 17.5. The lowest BCUT2D eigenvalue weighted by molar-refractivity contribution is -0.137. The van der Waals surface area contributed by atoms with E-state index in [1.807, 2.05) is 11.8 Å². The van der Waals surface area contributed by atoms with Crippen molar-refractivity contribution in [1.29, 1.82) is 0 Å². The molecular weight excluding hydrogens is 727 g/mol. The molecule has 6 heterocycles. The highest BCUT2D eigenvalue weighted by Gasteiger charge is 2.37. The molecule has 0 aliphatic carbocycles. The van der Waals surface area contributed by atoms with Crippen LogP contribution in [-0.4, -0.2) is 100 Å². The second-order valence-corrected chi connectivity index (χ2v) is 15.6. The number of benzene rings is 2. The molecule has 57 heavy (non-hydrogen) atoms. The quantitative estimate of drug-likeness (QED) is 0.205. The monoisotopic (exact) mass is 779 g/mol. The van der Waals surface area contributed by atoms with Gasteiger partial charge in [0.1, 0.15) is 23.4 Å². The van der Waals surface area contributed by atoms with E-state index in [1.165, 1.54) is 7.11 Å². The minimum absolute atomic E-state index is 0.00822. The van der Waals surface area contributed by atoms with Gasteiger partial charge in [-0.15, -0.1) is 0 Å². The predicted molar refractivity (Wildman–Crippen MR) is 212 cm³/mol. The van der Waals surface area contributed by atoms with Gasteiger partial charge < -0.3 is 44.0 Å². The lowest BCUT2D eigenvalue weighted by Crippen LogP contribution is -2.50. The van der Waals surface area contributed by atoms with Gasteiger partial charge in [0.2, 0.25) is 11.8 Å². The highest BCUT2D eigenvalue weighted by molar-refractivity contribution is 5.86. The molecule has 8 rings (SSSR count). The number of amides is 3. The molecule has 4 aromatic rings. The first-order chi connectivity index (χ1) is 27.9. The third kappa shape index (κ3) is 8.43. The Morgan fingerprint density at radius 3 is 2.32 bits per heavy atom. The molecule has 0 spiro atoms. The molecule has 0 radical (unpaired) electrons. The van der Waals surface area contributed by atoms with Crippen LogP contribution in [0.25, 0.3) is 33.6 Å². The van der Waals surface area contributed by atoms with Crippen LogP contribution in [0, 0.1) is 5.92 Å². The Morgan fingerprint density at radius 2 is 1.51 bits per heavy atom. The van der Waals surface area contributed by atoms with Crippen molar-refractivity contribution >= 4 is 17.9 Å². The molecule has 4 aliphatic rings. The summed E-state index contributed by atoms with van der Waals surface area (Å²) in [7, 11) is 1.28. The molecule has 14 nitrogen and oxygen atoms in total. The number of nitrogens with zero attached hydrogens (tertiary/aromatic N) is 4. The maximum atomic E-state index is 13.7. The standard InChI is InChI=1S/C43H53N7O7/c1-27-9-3-4-20-55-25-33-38(48-40(46-33)36-11-8-18-49(36)41(27)51)29-14-12-28(13-15-29)30-16-17-31-32-24-44-39(45-32)35-10-7-19-50(35)42(52)34(47-43(53)54-2)26-56-21-5-6-22-57-37(31)23-30/h12-17,23-24,27,34-36H,3-11,18-22,25-26H2,1-2H3,(H,44,45)(H,46,48)(H,47,53)/t27-,34-,35-,36-/m0/s1. The number of carbonyl (C=O) groups is 3. The van der Waals surface area contributed by atoms with Gasteiger partial charge in [-0.1, -0.05) is 43.7 Å². The largest absolute Gasteiger partial charge is 0.493 e. The summed E-state index contributed by atoms with van der Waals surface area (Å²) >= 11 is 0. The SMILES string of the molecule is COC(=O)N[C@H]1COCCCCOc2cc(-c3ccc(-c4nc5[nH]c4COCCCC[C@H](C)C(=O)N4CCC[C@@H]54)cc3)ccc2-c2cnc([nH]2)[C@@H]2CCCN2C1=O. The molecule has 2 aromatic carbocycles. The number of alkyl carbamates (subject to hydrolysis) is 1. The molecule has 0 unspecified atom stereocenters. The summed E-state index contributed by atoms with van der Waals surface area (Å²) in [5, 5.41) is 2.66. The van der Waals surface area contributed by atoms with Crippen LogP contribution in [0.1, 0.15) is 94.1 Å². The van der Waals surface area contributed by atoms with Gasteiger partial charge in [-0.2, -0.15) is 0 Å². The van der Waals surface area contributed by atoms with Crippen LogP contribution in [0.15, 0.2) is 48.7 Å². The molecule has 4 atom stereocenters. The summed E-state index contributed by atoms with van der Waals surface area (Å²) in [4.78, 5) is 60.0. The molecule has 4 bridgehead atoms. The van der Waals surface area contributed by atoms with Crippen LogP contribution in [0.3, 0.4) is 0 Å². The molecule has 2 saturated heterocycles. The van der Waals surface area contributed by atoms with Crippen molar-refractivity contribution in [3.8, 4) is 39.4 Å². The number of aromatic amines is 2. The number of hydrogen-bond acceptors (Lipinski definition) is 9. The Bertz CT molecular complexity index is 2040. The first kappa shape index (κ1) is 38.7. The molecule has 3 amide bonds. The maximum absolute atomic E-state index is 13.7. The second-order valence-electron chi connectivity index (χ2n) is 15.6. The number of carbonyl (C=O) groups excluding carboxylic acids is 3. The van der Waals surface area contributed by atoms with Crippen LogP contribution in [-0.2, 0) is 30.4 Å². The number of hydrogen-bond donors (Lipinski definition) is 3. The third-order valence-electron chi connectivity index (χ3n) is 11.7. The Hall–Kier alpha value is -5.21. The summed E-state index contributed by atoms with van der Waals surface area (Å²) in [6.07, 6.45) is 8.77. The molecule has 3 N–H and O–H groups in total. The van der Waals surface area contributed by atoms with E-state index in [9.17, 15) is 14.4 Å². The normalized spacial score (nSPS) is 23.6. The van der Waals surface area contributed by atoms with Gasteiger partial charge in [-0.05, 0) is 74.6 Å². The third-order valence-corrected chi connectivity index (χ3v) is 11.7. The molecule has 2 fully saturated rings. The van der Waals surface area contributed by atoms with Gasteiger partial charge in [-0.3, -0.25) is 9.59 Å². The number of aromatic nitrogens is 4. The van der Waals surface area contributed by atoms with Gasteiger partial charge in [0.05, 0.1) is 62.3 Å². The Labute approximate surface area is 333 Å². The number of nitrogens with one attached hydrogen (secondary N) is 3. The van der Waals surface area contributed by atoms with Crippen LogP contribution < -0.4 is 10.1 Å². The fraction of sp³-hybridized carbons (Fsp3) is 0.512. The zero-order valence-electron chi connectivity index (χ0n) is 32.9. The van der Waals surface area contributed by atoms with E-state index in [0.717, 1.165) is 109 Å². The fourth-order valence-corrected chi connectivity index (χ4v) is 8.57. The summed E-state index contributed by atoms with van der Waals surface area (Å²) < 4.78 is 23.3. The smallest absolute Gasteiger partial charge is 0.407 e. The maximum Gasteiger partial charge on any atom is 0.407 e. The zero-order chi connectivity index (χ0) is 39.3. The van der Waals surface area contributed by atoms with E-state index in [2.05, 4.69) is 57.7 Å². The van der Waals surface area contributed by atoms with E-state index in [0.29, 0.717) is 45.2 Å². The summed E-state index contributed by atoms with van der Waals surface area (Å²) in [6, 6.07) is 13.4. The number of ether oxygens (including phenoxy) is 4. The van der Waals surface area contributed by atoms with Crippen molar-refractivity contribution in [2.45, 2.75) is 89.4 Å². The summed E-state index contributed by atoms with van der Waals surface area (Å²) in [6.45, 7) is 5.37. The van der Waals surface area contributed by atoms with Crippen molar-refractivity contribution in [1.82, 2.24) is 35.1 Å². The fourth-order valence-electron chi connectivity index (χ4n) is 8.57. The summed E-state index contributed by atoms with van der Waals surface area (Å²) in [5.41, 5.74) is 6.48. The Balaban J connectivity index is 1.06. The number of H-pyrrole nitrogens is 2. The lowest BCUT2D eigenvalue weighted by atomic mass is 9.99. The molecule has 0 saturated carbocycles. The minimum atomic E-state index is -0.866. The van der Waals surface area contributed by atoms with Gasteiger partial charge in [0.25, 0.3) is 0 Å². The van der Waals surface area contributed by atoms with Gasteiger partial charge in [0, 0.05) is 43.3 Å². The number of fused-ring (bicyclic) bond motifs is 10. The molecule has 4 aliphatic heterocycles. The minimum Gasteiger partial charge on any atom is -0.493 e. The first-order valence-electron chi connectivity index (χ1n) is 20.5. The van der Waals surface area contributed by atoms with E-state index < -0.39 is 12.1 Å². The molecule has 14 heteroatoms. The van der Waals surface area contributed by atoms with E-state index in [1.54, 1.807) is 11.1 Å². The number of methoxy groups -OCH3 is 1. The van der Waals surface area contributed by atoms with E-state index >= 15 is 0 Å². The van der Waals surface area contributed by atoms with E-state index in [-0.39, 0.29) is 36.4 Å². The van der Waals surface area contributed by atoms with Crippen LogP contribution in [0.4, 0.5) is 4.79 Å². The van der Waals surface area contributed by atoms with Crippen LogP contribution in [0.5, 0.6) is 5.75 Å². The lowest BCUT2D eigenvalue weighted by Gasteiger charge is -2.28. The zero-order valence-corrected chi connectivity index (χ0v) is 32.9. The Kier molecular flexibility index (Phi) is 11.9. The highest BCUT2D eigenvalue weighted by Crippen LogP contribution is 2.39. The van der Waals surface area contributed by atoms with Gasteiger partial charge in [0.15, 0.2) is 0 Å². The van der Waals surface area contributed by atoms with Gasteiger partial charge >= 0.3 is 6.09 Å². The van der Waals surface area contributed by atoms with Crippen molar-refractivity contribution in [2.24, 2.45) is 5.92 Å². The van der Waals surface area contributed by atoms with Crippen LogP contribution >= 0.6 is 0 Å². The first-order valence-corrected chi connectivity index (χ1v) is 20.5. The van der Waals surface area contributed by atoms with Crippen molar-refractivity contribution in [3.05, 3.63) is 66.0 Å². The van der Waals surface area contributed by atoms with E-state index in [4.69, 9.17) is 28.9 Å². The number of imidazole rings is 2. The number of rotatable bonds is 3. The Morgan fingerprint density at radius 1 is 0.807 bits per heavy atom. The average Bonchev–Trinajstić information content (AvgIpc) is 4.07. The van der Waals surface area contributed by atoms with Crippen LogP contribution in [0.2, 0.25) is 0 Å². The van der Waals surface area contributed by atoms with Crippen molar-refractivity contribution in [3.63, 3.8) is 0 Å². The summed E-state index contributed by atoms with van der Waals surface area (Å²) in [5.74, 6) is 2.24. The van der Waals surface area contributed by atoms with Gasteiger partial charge in [-0.25, -0.2) is 14.8 Å². The molecule has 302 valence electrons. The average molecular weight is 780 g/mol. The molecular formula is C43H53N7O7. The topological polar surface area (TPSA) is 164 Å². The molecule has 2 aromatic heterocycles. The van der Waals surface area contributed by atoms with Crippen molar-refractivity contribution < 1.29 is 33.3 Å².